The average Bonchev–Trinajstić information content (AvgIpc) is 2.98. The number of rotatable bonds is 8. The predicted molar refractivity (Wildman–Crippen MR) is 174 cm³/mol. The maximum atomic E-state index is 13.7. The Labute approximate surface area is 249 Å². The van der Waals surface area contributed by atoms with Crippen LogP contribution in [0.1, 0.15) is 70.1 Å². The van der Waals surface area contributed by atoms with E-state index in [9.17, 15) is 9.59 Å². The Kier molecular flexibility index (Phi) is 9.82. The first-order valence-electron chi connectivity index (χ1n) is 14.7. The number of urea groups is 1. The van der Waals surface area contributed by atoms with Crippen molar-refractivity contribution in [1.29, 1.82) is 0 Å². The highest BCUT2D eigenvalue weighted by Gasteiger charge is 2.21. The van der Waals surface area contributed by atoms with Crippen molar-refractivity contribution in [1.82, 2.24) is 14.5 Å². The predicted octanol–water partition coefficient (Wildman–Crippen LogP) is 7.18. The molecule has 0 spiro atoms. The number of anilines is 2. The van der Waals surface area contributed by atoms with Crippen LogP contribution in [0.3, 0.4) is 0 Å². The fourth-order valence-corrected chi connectivity index (χ4v) is 5.16. The Morgan fingerprint density at radius 3 is 2.12 bits per heavy atom. The van der Waals surface area contributed by atoms with Crippen molar-refractivity contribution in [2.24, 2.45) is 7.05 Å². The Morgan fingerprint density at radius 1 is 0.905 bits per heavy atom. The minimum absolute atomic E-state index is 0.198. The SMILES string of the molecule is CCN(CC)CC#Cc1ccc(-c2c(NC(=O)Nc3c(C(C)C)cccc3C(C)C)c(=O)n(C)c3ncccc23)cc1. The number of pyridine rings is 2. The molecule has 2 aromatic carbocycles. The molecule has 0 atom stereocenters. The second kappa shape index (κ2) is 13.5. The van der Waals surface area contributed by atoms with E-state index in [2.05, 4.69) is 73.9 Å². The van der Waals surface area contributed by atoms with Crippen LogP contribution in [0.2, 0.25) is 0 Å². The number of aromatic nitrogens is 2. The van der Waals surface area contributed by atoms with E-state index in [0.29, 0.717) is 17.8 Å². The van der Waals surface area contributed by atoms with Gasteiger partial charge in [0.1, 0.15) is 11.3 Å². The van der Waals surface area contributed by atoms with Gasteiger partial charge in [0.2, 0.25) is 0 Å². The van der Waals surface area contributed by atoms with Gasteiger partial charge in [0.25, 0.3) is 5.56 Å². The Morgan fingerprint density at radius 2 is 1.52 bits per heavy atom. The summed E-state index contributed by atoms with van der Waals surface area (Å²) in [7, 11) is 1.67. The fraction of sp³-hybridized carbons (Fsp3) is 0.343. The van der Waals surface area contributed by atoms with Gasteiger partial charge >= 0.3 is 6.03 Å². The minimum Gasteiger partial charge on any atom is -0.307 e. The normalized spacial score (nSPS) is 11.2. The Bertz CT molecular complexity index is 1660. The number of fused-ring (bicyclic) bond motifs is 1. The summed E-state index contributed by atoms with van der Waals surface area (Å²) in [6.07, 6.45) is 1.66. The molecule has 0 aliphatic rings. The second-order valence-electron chi connectivity index (χ2n) is 11.0. The third-order valence-corrected chi connectivity index (χ3v) is 7.60. The molecule has 0 bridgehead atoms. The van der Waals surface area contributed by atoms with E-state index in [1.807, 2.05) is 54.6 Å². The Hall–Kier alpha value is -4.41. The lowest BCUT2D eigenvalue weighted by atomic mass is 9.93. The summed E-state index contributed by atoms with van der Waals surface area (Å²) in [6.45, 7) is 15.3. The zero-order valence-electron chi connectivity index (χ0n) is 25.7. The number of hydrogen-bond donors (Lipinski definition) is 2. The van der Waals surface area contributed by atoms with Crippen molar-refractivity contribution in [3.8, 4) is 23.0 Å². The zero-order valence-corrected chi connectivity index (χ0v) is 25.7. The molecule has 42 heavy (non-hydrogen) atoms. The molecule has 0 saturated heterocycles. The van der Waals surface area contributed by atoms with E-state index >= 15 is 0 Å². The topological polar surface area (TPSA) is 79.3 Å². The smallest absolute Gasteiger partial charge is 0.307 e. The standard InChI is InChI=1S/C35H41N5O2/c1-8-40(9-2)22-12-13-25-17-19-26(20-18-25)30-29-16-11-21-36-33(29)39(7)34(41)32(30)38-35(42)37-31-27(23(3)4)14-10-15-28(31)24(5)6/h10-11,14-21,23-24H,8-9,22H2,1-7H3,(H2,37,38,42). The highest BCUT2D eigenvalue weighted by atomic mass is 16.2. The minimum atomic E-state index is -0.467. The number of amides is 2. The number of nitrogens with one attached hydrogen (secondary N) is 2. The number of hydrogen-bond acceptors (Lipinski definition) is 4. The molecule has 0 radical (unpaired) electrons. The molecule has 4 rings (SSSR count). The van der Waals surface area contributed by atoms with Crippen molar-refractivity contribution in [2.75, 3.05) is 30.3 Å². The van der Waals surface area contributed by atoms with Gasteiger partial charge < -0.3 is 10.6 Å². The van der Waals surface area contributed by atoms with Gasteiger partial charge in [0.15, 0.2) is 0 Å². The van der Waals surface area contributed by atoms with Gasteiger partial charge in [-0.2, -0.15) is 0 Å². The molecule has 2 amide bonds. The maximum Gasteiger partial charge on any atom is 0.323 e. The lowest BCUT2D eigenvalue weighted by Gasteiger charge is -2.21. The summed E-state index contributed by atoms with van der Waals surface area (Å²) in [6, 6.07) is 17.2. The van der Waals surface area contributed by atoms with Gasteiger partial charge in [0, 0.05) is 35.4 Å². The van der Waals surface area contributed by atoms with Crippen LogP contribution in [0.25, 0.3) is 22.2 Å². The summed E-state index contributed by atoms with van der Waals surface area (Å²) >= 11 is 0. The van der Waals surface area contributed by atoms with Crippen LogP contribution >= 0.6 is 0 Å². The molecule has 0 fully saturated rings. The number of para-hydroxylation sites is 1. The highest BCUT2D eigenvalue weighted by Crippen LogP contribution is 2.35. The molecule has 4 aromatic rings. The van der Waals surface area contributed by atoms with Gasteiger partial charge in [-0.05, 0) is 65.9 Å². The molecular formula is C35H41N5O2. The molecule has 0 aliphatic carbocycles. The van der Waals surface area contributed by atoms with E-state index in [1.54, 1.807) is 13.2 Å². The van der Waals surface area contributed by atoms with E-state index in [-0.39, 0.29) is 23.1 Å². The summed E-state index contributed by atoms with van der Waals surface area (Å²) in [4.78, 5) is 34.0. The number of nitrogens with zero attached hydrogens (tertiary/aromatic N) is 3. The molecule has 7 nitrogen and oxygen atoms in total. The summed E-state index contributed by atoms with van der Waals surface area (Å²) in [5.74, 6) is 6.90. The quantitative estimate of drug-likeness (QED) is 0.223. The monoisotopic (exact) mass is 563 g/mol. The summed E-state index contributed by atoms with van der Waals surface area (Å²) < 4.78 is 1.48. The molecule has 0 unspecified atom stereocenters. The van der Waals surface area contributed by atoms with Crippen molar-refractivity contribution in [3.05, 3.63) is 87.8 Å². The van der Waals surface area contributed by atoms with Crippen LogP contribution < -0.4 is 16.2 Å². The van der Waals surface area contributed by atoms with Gasteiger partial charge in [-0.25, -0.2) is 9.78 Å². The number of carbonyl (C=O) groups is 1. The lowest BCUT2D eigenvalue weighted by molar-refractivity contribution is 0.262. The molecule has 0 aliphatic heterocycles. The van der Waals surface area contributed by atoms with E-state index in [4.69, 9.17) is 0 Å². The molecule has 218 valence electrons. The third kappa shape index (κ3) is 6.56. The van der Waals surface area contributed by atoms with Crippen molar-refractivity contribution < 1.29 is 4.79 Å². The number of aryl methyl sites for hydroxylation is 1. The number of carbonyl (C=O) groups excluding carboxylic acids is 1. The van der Waals surface area contributed by atoms with Crippen molar-refractivity contribution >= 4 is 28.4 Å². The first-order valence-corrected chi connectivity index (χ1v) is 14.7. The average molecular weight is 564 g/mol. The van der Waals surface area contributed by atoms with Crippen LogP contribution in [0, 0.1) is 11.8 Å². The van der Waals surface area contributed by atoms with Crippen molar-refractivity contribution in [2.45, 2.75) is 53.4 Å². The van der Waals surface area contributed by atoms with E-state index in [1.165, 1.54) is 4.57 Å². The van der Waals surface area contributed by atoms with Crippen LogP contribution in [0.4, 0.5) is 16.2 Å². The van der Waals surface area contributed by atoms with Gasteiger partial charge in [-0.3, -0.25) is 14.3 Å². The van der Waals surface area contributed by atoms with Crippen LogP contribution in [-0.2, 0) is 7.05 Å². The molecule has 2 N–H and O–H groups in total. The molecule has 2 heterocycles. The summed E-state index contributed by atoms with van der Waals surface area (Å²) in [5, 5.41) is 6.76. The van der Waals surface area contributed by atoms with E-state index < -0.39 is 6.03 Å². The van der Waals surface area contributed by atoms with Gasteiger partial charge in [-0.1, -0.05) is 83.7 Å². The Balaban J connectivity index is 1.76. The van der Waals surface area contributed by atoms with Crippen LogP contribution in [0.15, 0.2) is 65.6 Å². The van der Waals surface area contributed by atoms with Gasteiger partial charge in [0.05, 0.1) is 6.54 Å². The number of benzene rings is 2. The first-order chi connectivity index (χ1) is 20.2. The molecule has 0 saturated carbocycles. The lowest BCUT2D eigenvalue weighted by Crippen LogP contribution is -2.29. The largest absolute Gasteiger partial charge is 0.323 e. The van der Waals surface area contributed by atoms with Crippen LogP contribution in [-0.4, -0.2) is 40.1 Å². The third-order valence-electron chi connectivity index (χ3n) is 7.60. The van der Waals surface area contributed by atoms with Crippen molar-refractivity contribution in [3.63, 3.8) is 0 Å². The molecule has 7 heteroatoms. The molecular weight excluding hydrogens is 522 g/mol. The molecule has 2 aromatic heterocycles. The van der Waals surface area contributed by atoms with E-state index in [0.717, 1.165) is 46.4 Å². The fourth-order valence-electron chi connectivity index (χ4n) is 5.16. The highest BCUT2D eigenvalue weighted by molar-refractivity contribution is 6.07. The second-order valence-corrected chi connectivity index (χ2v) is 11.0. The first kappa shape index (κ1) is 30.5. The zero-order chi connectivity index (χ0) is 30.4. The van der Waals surface area contributed by atoms with Crippen LogP contribution in [0.5, 0.6) is 0 Å². The van der Waals surface area contributed by atoms with Gasteiger partial charge in [-0.15, -0.1) is 0 Å². The summed E-state index contributed by atoms with van der Waals surface area (Å²) in [5.41, 5.74) is 5.58. The maximum absolute atomic E-state index is 13.7.